The van der Waals surface area contributed by atoms with E-state index in [1.54, 1.807) is 13.2 Å². The molecule has 6 heteroatoms. The van der Waals surface area contributed by atoms with E-state index >= 15 is 0 Å². The normalized spacial score (nSPS) is 27.9. The summed E-state index contributed by atoms with van der Waals surface area (Å²) in [6.45, 7) is 8.63. The molecule has 1 saturated heterocycles. The van der Waals surface area contributed by atoms with Crippen LogP contribution in [-0.4, -0.2) is 65.7 Å². The van der Waals surface area contributed by atoms with Crippen molar-refractivity contribution in [1.29, 1.82) is 0 Å². The fourth-order valence-electron chi connectivity index (χ4n) is 8.68. The zero-order valence-electron chi connectivity index (χ0n) is 24.1. The number of aryl methyl sites for hydroxylation is 1. The molecule has 4 aliphatic rings. The SMILES string of the molecule is C=CCN1CC[C@]23c4c5c(O)cc(OC)c4O[C@H]2[C@H](N(CC)C(=O)CCCCCc2ccccc2)CC[C@H]3[C@H]1C5. The molecule has 40 heavy (non-hydrogen) atoms. The smallest absolute Gasteiger partial charge is 0.222 e. The van der Waals surface area contributed by atoms with Gasteiger partial charge >= 0.3 is 0 Å². The molecule has 2 fully saturated rings. The number of phenolic OH excluding ortho intramolecular Hbond substituents is 1. The average molecular weight is 545 g/mol. The Morgan fingerprint density at radius 1 is 1.25 bits per heavy atom. The highest BCUT2D eigenvalue weighted by atomic mass is 16.5. The maximum Gasteiger partial charge on any atom is 0.222 e. The molecule has 6 nitrogen and oxygen atoms in total. The predicted molar refractivity (Wildman–Crippen MR) is 157 cm³/mol. The van der Waals surface area contributed by atoms with E-state index in [0.29, 0.717) is 36.4 Å². The molecule has 0 aromatic heterocycles. The average Bonchev–Trinajstić information content (AvgIpc) is 3.31. The fraction of sp³-hybridized carbons (Fsp3) is 0.559. The molecule has 2 aromatic carbocycles. The molecule has 1 spiro atoms. The highest BCUT2D eigenvalue weighted by Gasteiger charge is 2.67. The van der Waals surface area contributed by atoms with Crippen LogP contribution in [-0.2, 0) is 23.1 Å². The van der Waals surface area contributed by atoms with Gasteiger partial charge in [-0.25, -0.2) is 0 Å². The minimum atomic E-state index is -0.205. The lowest BCUT2D eigenvalue weighted by Gasteiger charge is -2.60. The molecule has 2 aromatic rings. The first-order valence-electron chi connectivity index (χ1n) is 15.3. The number of carbonyl (C=O) groups is 1. The maximum atomic E-state index is 13.7. The van der Waals surface area contributed by atoms with Gasteiger partial charge in [-0.2, -0.15) is 0 Å². The quantitative estimate of drug-likeness (QED) is 0.293. The third-order valence-electron chi connectivity index (χ3n) is 10.3. The topological polar surface area (TPSA) is 62.2 Å². The number of hydrogen-bond acceptors (Lipinski definition) is 5. The van der Waals surface area contributed by atoms with Crippen LogP contribution < -0.4 is 9.47 Å². The van der Waals surface area contributed by atoms with Crippen LogP contribution in [0.4, 0.5) is 0 Å². The summed E-state index contributed by atoms with van der Waals surface area (Å²) in [5, 5.41) is 11.2. The third kappa shape index (κ3) is 4.30. The fourth-order valence-corrected chi connectivity index (χ4v) is 8.68. The van der Waals surface area contributed by atoms with Gasteiger partial charge in [-0.15, -0.1) is 6.58 Å². The van der Waals surface area contributed by atoms with Crippen molar-refractivity contribution in [1.82, 2.24) is 9.80 Å². The number of hydrogen-bond donors (Lipinski definition) is 1. The molecule has 0 radical (unpaired) electrons. The van der Waals surface area contributed by atoms with Crippen LogP contribution in [0.5, 0.6) is 17.2 Å². The van der Waals surface area contributed by atoms with E-state index in [2.05, 4.69) is 53.6 Å². The molecule has 1 saturated carbocycles. The van der Waals surface area contributed by atoms with Crippen LogP contribution in [0, 0.1) is 5.92 Å². The molecular formula is C34H44N2O4. The van der Waals surface area contributed by atoms with E-state index in [1.807, 2.05) is 6.08 Å². The molecule has 0 unspecified atom stereocenters. The molecule has 2 aliphatic heterocycles. The monoisotopic (exact) mass is 544 g/mol. The number of piperidine rings is 1. The second kappa shape index (κ2) is 11.1. The highest BCUT2D eigenvalue weighted by Crippen LogP contribution is 2.65. The Hall–Kier alpha value is -2.99. The molecular weight excluding hydrogens is 500 g/mol. The number of ether oxygens (including phenoxy) is 2. The zero-order valence-corrected chi connectivity index (χ0v) is 24.1. The van der Waals surface area contributed by atoms with Gasteiger partial charge in [0.15, 0.2) is 11.5 Å². The molecule has 214 valence electrons. The van der Waals surface area contributed by atoms with Crippen molar-refractivity contribution in [2.75, 3.05) is 26.7 Å². The first kappa shape index (κ1) is 27.2. The number of aromatic hydroxyl groups is 1. The van der Waals surface area contributed by atoms with Gasteiger partial charge in [0.05, 0.1) is 13.2 Å². The highest BCUT2D eigenvalue weighted by molar-refractivity contribution is 5.77. The Bertz CT molecular complexity index is 1250. The Morgan fingerprint density at radius 3 is 2.83 bits per heavy atom. The minimum Gasteiger partial charge on any atom is -0.508 e. The number of methoxy groups -OCH3 is 1. The second-order valence-corrected chi connectivity index (χ2v) is 12.1. The summed E-state index contributed by atoms with van der Waals surface area (Å²) in [4.78, 5) is 18.4. The van der Waals surface area contributed by atoms with Crippen molar-refractivity contribution >= 4 is 5.91 Å². The van der Waals surface area contributed by atoms with E-state index in [-0.39, 0.29) is 23.5 Å². The molecule has 6 rings (SSSR count). The summed E-state index contributed by atoms with van der Waals surface area (Å²) in [7, 11) is 1.65. The van der Waals surface area contributed by atoms with Crippen LogP contribution in [0.2, 0.25) is 0 Å². The first-order chi connectivity index (χ1) is 19.5. The number of rotatable bonds is 11. The third-order valence-corrected chi connectivity index (χ3v) is 10.3. The molecule has 2 heterocycles. The molecule has 1 amide bonds. The van der Waals surface area contributed by atoms with Gasteiger partial charge in [-0.05, 0) is 69.9 Å². The van der Waals surface area contributed by atoms with Gasteiger partial charge < -0.3 is 19.5 Å². The Morgan fingerprint density at radius 2 is 2.08 bits per heavy atom. The lowest BCUT2D eigenvalue weighted by molar-refractivity contribution is -0.142. The van der Waals surface area contributed by atoms with Crippen molar-refractivity contribution in [2.45, 2.75) is 88.3 Å². The van der Waals surface area contributed by atoms with Gasteiger partial charge in [0.2, 0.25) is 5.91 Å². The molecule has 2 aliphatic carbocycles. The number of carbonyl (C=O) groups excluding carboxylic acids is 1. The summed E-state index contributed by atoms with van der Waals surface area (Å²) in [5.74, 6) is 2.39. The standard InChI is InChI=1S/C34H44N2O4/c1-4-19-35-20-18-34-25-16-17-26(36(5-2)30(38)15-11-7-10-14-23-12-8-6-9-13-23)33(34)40-32-29(39-3)22-28(37)24(31(32)34)21-27(25)35/h4,6,8-9,12-13,22,25-27,33,37H,1,5,7,10-11,14-21H2,2-3H3/t25-,26+,27+,33-,34-/m0/s1. The van der Waals surface area contributed by atoms with Crippen LogP contribution in [0.1, 0.15) is 68.6 Å². The van der Waals surface area contributed by atoms with Gasteiger partial charge in [0.1, 0.15) is 11.9 Å². The number of nitrogens with zero attached hydrogens (tertiary/aromatic N) is 2. The first-order valence-corrected chi connectivity index (χ1v) is 15.3. The van der Waals surface area contributed by atoms with Gasteiger partial charge in [0.25, 0.3) is 0 Å². The number of amides is 1. The van der Waals surface area contributed by atoms with Crippen molar-refractivity contribution in [3.8, 4) is 17.2 Å². The molecule has 1 N–H and O–H groups in total. The molecule has 2 bridgehead atoms. The van der Waals surface area contributed by atoms with Crippen molar-refractivity contribution in [3.63, 3.8) is 0 Å². The lowest BCUT2D eigenvalue weighted by Crippen LogP contribution is -2.69. The van der Waals surface area contributed by atoms with Crippen molar-refractivity contribution in [3.05, 3.63) is 65.7 Å². The summed E-state index contributed by atoms with van der Waals surface area (Å²) >= 11 is 0. The number of likely N-dealkylation sites (N-methyl/N-ethyl adjacent to an activating group) is 1. The largest absolute Gasteiger partial charge is 0.508 e. The second-order valence-electron chi connectivity index (χ2n) is 12.1. The van der Waals surface area contributed by atoms with Crippen LogP contribution in [0.15, 0.2) is 49.1 Å². The minimum absolute atomic E-state index is 0.0230. The van der Waals surface area contributed by atoms with E-state index in [4.69, 9.17) is 9.47 Å². The van der Waals surface area contributed by atoms with Gasteiger partial charge in [0, 0.05) is 48.2 Å². The number of benzene rings is 2. The van der Waals surface area contributed by atoms with Crippen LogP contribution in [0.3, 0.4) is 0 Å². The summed E-state index contributed by atoms with van der Waals surface area (Å²) in [5.41, 5.74) is 3.34. The molecule has 5 atom stereocenters. The van der Waals surface area contributed by atoms with E-state index in [1.165, 1.54) is 11.1 Å². The summed E-state index contributed by atoms with van der Waals surface area (Å²) in [6.07, 6.45) is 10.4. The number of phenols is 1. The number of unbranched alkanes of at least 4 members (excludes halogenated alkanes) is 2. The van der Waals surface area contributed by atoms with Crippen LogP contribution in [0.25, 0.3) is 0 Å². The van der Waals surface area contributed by atoms with Crippen molar-refractivity contribution < 1.29 is 19.4 Å². The van der Waals surface area contributed by atoms with Gasteiger partial charge in [-0.3, -0.25) is 9.69 Å². The van der Waals surface area contributed by atoms with Crippen LogP contribution >= 0.6 is 0 Å². The lowest BCUT2D eigenvalue weighted by atomic mass is 9.50. The van der Waals surface area contributed by atoms with E-state index in [9.17, 15) is 9.90 Å². The van der Waals surface area contributed by atoms with E-state index < -0.39 is 0 Å². The summed E-state index contributed by atoms with van der Waals surface area (Å²) < 4.78 is 12.7. The Balaban J connectivity index is 1.24. The van der Waals surface area contributed by atoms with E-state index in [0.717, 1.165) is 75.8 Å². The van der Waals surface area contributed by atoms with Crippen molar-refractivity contribution in [2.24, 2.45) is 5.92 Å². The number of likely N-dealkylation sites (tertiary alicyclic amines) is 1. The maximum absolute atomic E-state index is 13.7. The predicted octanol–water partition coefficient (Wildman–Crippen LogP) is 5.65. The zero-order chi connectivity index (χ0) is 27.9. The Labute approximate surface area is 239 Å². The van der Waals surface area contributed by atoms with Gasteiger partial charge in [-0.1, -0.05) is 42.8 Å². The Kier molecular flexibility index (Phi) is 7.56. The summed E-state index contributed by atoms with van der Waals surface area (Å²) in [6, 6.07) is 12.7.